The predicted molar refractivity (Wildman–Crippen MR) is 85.2 cm³/mol. The SMILES string of the molecule is C=C(O)CC1C[B]C(N=C(N)Cc2ccccc2)CC1. The fourth-order valence-corrected chi connectivity index (χ4v) is 2.69. The highest BCUT2D eigenvalue weighted by Gasteiger charge is 2.22. The summed E-state index contributed by atoms with van der Waals surface area (Å²) >= 11 is 0. The minimum atomic E-state index is 0.224. The number of amidine groups is 1. The van der Waals surface area contributed by atoms with Crippen LogP contribution in [0, 0.1) is 5.92 Å². The van der Waals surface area contributed by atoms with Gasteiger partial charge in [-0.1, -0.05) is 43.2 Å². The molecule has 0 aliphatic carbocycles. The lowest BCUT2D eigenvalue weighted by Crippen LogP contribution is -2.28. The Labute approximate surface area is 121 Å². The molecule has 1 aromatic carbocycles. The van der Waals surface area contributed by atoms with Crippen LogP contribution in [0.5, 0.6) is 0 Å². The van der Waals surface area contributed by atoms with E-state index in [1.165, 1.54) is 5.56 Å². The molecule has 2 rings (SSSR count). The second-order valence-electron chi connectivity index (χ2n) is 5.54. The molecule has 20 heavy (non-hydrogen) atoms. The molecule has 1 heterocycles. The minimum absolute atomic E-state index is 0.224. The fourth-order valence-electron chi connectivity index (χ4n) is 2.69. The number of hydrogen-bond donors (Lipinski definition) is 2. The number of aliphatic hydroxyl groups is 1. The Morgan fingerprint density at radius 3 is 2.70 bits per heavy atom. The standard InChI is InChI=1S/C16H22BN2O/c1-12(20)9-14-7-8-15(17-11-14)19-16(18)10-13-5-3-2-4-6-13/h2-6,14-15,20H,1,7-11H2,(H2,18,19). The largest absolute Gasteiger partial charge is 0.513 e. The molecule has 2 atom stereocenters. The molecule has 0 aromatic heterocycles. The van der Waals surface area contributed by atoms with Crippen molar-refractivity contribution in [1.29, 1.82) is 0 Å². The van der Waals surface area contributed by atoms with E-state index >= 15 is 0 Å². The van der Waals surface area contributed by atoms with Crippen molar-refractivity contribution in [3.05, 3.63) is 48.2 Å². The molecule has 1 saturated heterocycles. The van der Waals surface area contributed by atoms with Crippen LogP contribution < -0.4 is 5.73 Å². The highest BCUT2D eigenvalue weighted by Crippen LogP contribution is 2.26. The van der Waals surface area contributed by atoms with E-state index in [9.17, 15) is 5.11 Å². The highest BCUT2D eigenvalue weighted by atomic mass is 16.3. The number of aliphatic hydroxyl groups excluding tert-OH is 1. The van der Waals surface area contributed by atoms with E-state index in [-0.39, 0.29) is 11.7 Å². The van der Waals surface area contributed by atoms with Crippen molar-refractivity contribution < 1.29 is 5.11 Å². The summed E-state index contributed by atoms with van der Waals surface area (Å²) in [4.78, 5) is 4.60. The summed E-state index contributed by atoms with van der Waals surface area (Å²) in [6.07, 6.45) is 4.47. The zero-order chi connectivity index (χ0) is 14.4. The van der Waals surface area contributed by atoms with Gasteiger partial charge >= 0.3 is 0 Å². The molecular formula is C16H22BN2O. The lowest BCUT2D eigenvalue weighted by molar-refractivity contribution is 0.344. The topological polar surface area (TPSA) is 58.6 Å². The summed E-state index contributed by atoms with van der Waals surface area (Å²) in [6, 6.07) is 10.2. The molecule has 3 N–H and O–H groups in total. The summed E-state index contributed by atoms with van der Waals surface area (Å²) in [7, 11) is 2.22. The average Bonchev–Trinajstić information content (AvgIpc) is 2.41. The van der Waals surface area contributed by atoms with Crippen LogP contribution in [0.1, 0.15) is 24.8 Å². The van der Waals surface area contributed by atoms with Gasteiger partial charge < -0.3 is 10.8 Å². The number of allylic oxidation sites excluding steroid dienone is 1. The van der Waals surface area contributed by atoms with Crippen LogP contribution in [-0.4, -0.2) is 24.2 Å². The fraction of sp³-hybridized carbons (Fsp3) is 0.438. The average molecular weight is 269 g/mol. The number of hydrogen-bond acceptors (Lipinski definition) is 2. The van der Waals surface area contributed by atoms with Crippen molar-refractivity contribution >= 4 is 13.1 Å². The third kappa shape index (κ3) is 4.76. The van der Waals surface area contributed by atoms with Crippen LogP contribution in [0.3, 0.4) is 0 Å². The third-order valence-electron chi connectivity index (χ3n) is 3.70. The molecule has 3 nitrogen and oxygen atoms in total. The first-order valence-electron chi connectivity index (χ1n) is 7.19. The Morgan fingerprint density at radius 2 is 2.10 bits per heavy atom. The maximum Gasteiger partial charge on any atom is 0.143 e. The van der Waals surface area contributed by atoms with Crippen molar-refractivity contribution in [1.82, 2.24) is 0 Å². The maximum atomic E-state index is 9.22. The maximum absolute atomic E-state index is 9.22. The van der Waals surface area contributed by atoms with E-state index in [0.717, 1.165) is 19.2 Å². The molecule has 0 spiro atoms. The Morgan fingerprint density at radius 1 is 1.35 bits per heavy atom. The molecule has 1 radical (unpaired) electrons. The molecule has 1 aliphatic heterocycles. The van der Waals surface area contributed by atoms with Crippen LogP contribution in [0.2, 0.25) is 6.32 Å². The third-order valence-corrected chi connectivity index (χ3v) is 3.70. The second-order valence-corrected chi connectivity index (χ2v) is 5.54. The Kier molecular flexibility index (Phi) is 5.27. The Balaban J connectivity index is 1.81. The number of aliphatic imine (C=N–C) groups is 1. The van der Waals surface area contributed by atoms with Gasteiger partial charge in [-0.3, -0.25) is 4.99 Å². The van der Waals surface area contributed by atoms with Crippen LogP contribution in [0.25, 0.3) is 0 Å². The number of nitrogens with zero attached hydrogens (tertiary/aromatic N) is 1. The Bertz CT molecular complexity index is 465. The van der Waals surface area contributed by atoms with E-state index in [1.54, 1.807) is 0 Å². The number of nitrogens with two attached hydrogens (primary N) is 1. The van der Waals surface area contributed by atoms with Gasteiger partial charge in [-0.2, -0.15) is 0 Å². The van der Waals surface area contributed by atoms with Crippen LogP contribution >= 0.6 is 0 Å². The van der Waals surface area contributed by atoms with E-state index in [4.69, 9.17) is 5.73 Å². The van der Waals surface area contributed by atoms with Crippen molar-refractivity contribution in [3.8, 4) is 0 Å². The van der Waals surface area contributed by atoms with Gasteiger partial charge in [-0.05, 0) is 24.3 Å². The van der Waals surface area contributed by atoms with E-state index in [1.807, 2.05) is 18.2 Å². The van der Waals surface area contributed by atoms with Crippen molar-refractivity contribution in [2.45, 2.75) is 37.9 Å². The van der Waals surface area contributed by atoms with E-state index in [2.05, 4.69) is 31.0 Å². The van der Waals surface area contributed by atoms with Crippen LogP contribution in [0.15, 0.2) is 47.7 Å². The molecular weight excluding hydrogens is 247 g/mol. The molecule has 105 valence electrons. The minimum Gasteiger partial charge on any atom is -0.513 e. The summed E-state index contributed by atoms with van der Waals surface area (Å²) < 4.78 is 0. The van der Waals surface area contributed by atoms with Gasteiger partial charge in [0.2, 0.25) is 0 Å². The second kappa shape index (κ2) is 7.18. The number of rotatable bonds is 5. The Hall–Kier alpha value is -1.71. The monoisotopic (exact) mass is 269 g/mol. The molecule has 2 unspecified atom stereocenters. The molecule has 0 saturated carbocycles. The van der Waals surface area contributed by atoms with Gasteiger partial charge in [-0.15, -0.1) is 0 Å². The summed E-state index contributed by atoms with van der Waals surface area (Å²) in [5, 5.41) is 9.22. The normalized spacial score (nSPS) is 23.1. The van der Waals surface area contributed by atoms with E-state index < -0.39 is 0 Å². The van der Waals surface area contributed by atoms with Crippen molar-refractivity contribution in [2.75, 3.05) is 0 Å². The van der Waals surface area contributed by atoms with Crippen molar-refractivity contribution in [2.24, 2.45) is 16.6 Å². The van der Waals surface area contributed by atoms with Crippen molar-refractivity contribution in [3.63, 3.8) is 0 Å². The quantitative estimate of drug-likeness (QED) is 0.373. The molecule has 0 bridgehead atoms. The first-order valence-corrected chi connectivity index (χ1v) is 7.19. The molecule has 1 aromatic rings. The first-order chi connectivity index (χ1) is 9.63. The van der Waals surface area contributed by atoms with Gasteiger partial charge in [0.05, 0.1) is 11.6 Å². The lowest BCUT2D eigenvalue weighted by atomic mass is 9.56. The summed E-state index contributed by atoms with van der Waals surface area (Å²) in [6.45, 7) is 3.56. The van der Waals surface area contributed by atoms with Gasteiger partial charge in [0.15, 0.2) is 0 Å². The van der Waals surface area contributed by atoms with E-state index in [0.29, 0.717) is 24.6 Å². The smallest absolute Gasteiger partial charge is 0.143 e. The predicted octanol–water partition coefficient (Wildman–Crippen LogP) is 2.91. The zero-order valence-electron chi connectivity index (χ0n) is 11.8. The van der Waals surface area contributed by atoms with Crippen LogP contribution in [0.4, 0.5) is 0 Å². The van der Waals surface area contributed by atoms with Gasteiger partial charge in [0, 0.05) is 18.8 Å². The molecule has 4 heteroatoms. The number of benzene rings is 1. The molecule has 1 fully saturated rings. The molecule has 1 aliphatic rings. The summed E-state index contributed by atoms with van der Waals surface area (Å²) in [5.41, 5.74) is 7.22. The van der Waals surface area contributed by atoms with Gasteiger partial charge in [0.1, 0.15) is 7.28 Å². The van der Waals surface area contributed by atoms with Gasteiger partial charge in [0.25, 0.3) is 0 Å². The summed E-state index contributed by atoms with van der Waals surface area (Å²) in [5.74, 6) is 1.72. The lowest BCUT2D eigenvalue weighted by Gasteiger charge is -2.25. The highest BCUT2D eigenvalue weighted by molar-refractivity contribution is 6.38. The van der Waals surface area contributed by atoms with Crippen LogP contribution in [-0.2, 0) is 6.42 Å². The van der Waals surface area contributed by atoms with Gasteiger partial charge in [-0.25, -0.2) is 0 Å². The zero-order valence-corrected chi connectivity index (χ0v) is 11.8. The molecule has 0 amide bonds. The first kappa shape index (κ1) is 14.7.